The molecule has 1 N–H and O–H groups in total. The van der Waals surface area contributed by atoms with E-state index in [1.54, 1.807) is 6.26 Å². The number of fused-ring (bicyclic) bond motifs is 3. The Labute approximate surface area is 156 Å². The maximum Gasteiger partial charge on any atom is 0.228 e. The minimum atomic E-state index is -0.116. The average molecular weight is 364 g/mol. The highest BCUT2D eigenvalue weighted by molar-refractivity contribution is 6.34. The summed E-state index contributed by atoms with van der Waals surface area (Å²) in [4.78, 5) is 12.6. The molecule has 0 fully saturated rings. The second-order valence-electron chi connectivity index (χ2n) is 6.58. The molecule has 1 aromatic heterocycles. The Morgan fingerprint density at radius 1 is 1.12 bits per heavy atom. The van der Waals surface area contributed by atoms with Gasteiger partial charge in [-0.15, -0.1) is 0 Å². The first-order valence-electron chi connectivity index (χ1n) is 8.47. The number of halogens is 1. The van der Waals surface area contributed by atoms with E-state index in [4.69, 9.17) is 16.0 Å². The maximum atomic E-state index is 12.6. The van der Waals surface area contributed by atoms with Crippen LogP contribution in [0, 0.1) is 13.8 Å². The molecule has 3 aromatic carbocycles. The van der Waals surface area contributed by atoms with Crippen LogP contribution in [-0.2, 0) is 11.2 Å². The van der Waals surface area contributed by atoms with Crippen LogP contribution in [0.3, 0.4) is 0 Å². The molecule has 26 heavy (non-hydrogen) atoms. The lowest BCUT2D eigenvalue weighted by molar-refractivity contribution is -0.115. The van der Waals surface area contributed by atoms with Gasteiger partial charge < -0.3 is 9.73 Å². The first kappa shape index (κ1) is 16.7. The molecule has 3 nitrogen and oxygen atoms in total. The highest BCUT2D eigenvalue weighted by atomic mass is 35.5. The lowest BCUT2D eigenvalue weighted by atomic mass is 10.0. The van der Waals surface area contributed by atoms with Gasteiger partial charge in [0.05, 0.1) is 23.4 Å². The van der Waals surface area contributed by atoms with Crippen LogP contribution in [0.15, 0.2) is 59.2 Å². The van der Waals surface area contributed by atoms with Crippen molar-refractivity contribution in [3.05, 3.63) is 76.5 Å². The van der Waals surface area contributed by atoms with Gasteiger partial charge in [0.25, 0.3) is 0 Å². The second kappa shape index (κ2) is 6.50. The molecule has 0 radical (unpaired) electrons. The number of rotatable bonds is 3. The van der Waals surface area contributed by atoms with Crippen LogP contribution < -0.4 is 5.32 Å². The number of hydrogen-bond donors (Lipinski definition) is 1. The summed E-state index contributed by atoms with van der Waals surface area (Å²) in [6, 6.07) is 15.9. The van der Waals surface area contributed by atoms with Gasteiger partial charge in [-0.05, 0) is 47.9 Å². The quantitative estimate of drug-likeness (QED) is 0.482. The molecule has 1 amide bonds. The number of aryl methyl sites for hydroxylation is 2. The van der Waals surface area contributed by atoms with Gasteiger partial charge >= 0.3 is 0 Å². The molecule has 4 heteroatoms. The smallest absolute Gasteiger partial charge is 0.228 e. The van der Waals surface area contributed by atoms with Gasteiger partial charge in [-0.2, -0.15) is 0 Å². The van der Waals surface area contributed by atoms with Crippen molar-refractivity contribution >= 4 is 44.9 Å². The summed E-state index contributed by atoms with van der Waals surface area (Å²) in [6.45, 7) is 3.92. The average Bonchev–Trinajstić information content (AvgIpc) is 3.01. The van der Waals surface area contributed by atoms with Crippen molar-refractivity contribution in [2.75, 3.05) is 5.32 Å². The van der Waals surface area contributed by atoms with E-state index >= 15 is 0 Å². The third kappa shape index (κ3) is 2.95. The predicted molar refractivity (Wildman–Crippen MR) is 107 cm³/mol. The first-order chi connectivity index (χ1) is 12.5. The van der Waals surface area contributed by atoms with E-state index in [2.05, 4.69) is 17.4 Å². The molecule has 1 heterocycles. The molecule has 0 aliphatic carbocycles. The predicted octanol–water partition coefficient (Wildman–Crippen LogP) is 6.04. The molecule has 4 aromatic rings. The van der Waals surface area contributed by atoms with Crippen molar-refractivity contribution in [1.29, 1.82) is 0 Å². The molecule has 0 atom stereocenters. The Morgan fingerprint density at radius 2 is 1.92 bits per heavy atom. The first-order valence-corrected chi connectivity index (χ1v) is 8.85. The van der Waals surface area contributed by atoms with E-state index in [0.29, 0.717) is 10.7 Å². The van der Waals surface area contributed by atoms with Crippen molar-refractivity contribution in [2.45, 2.75) is 20.3 Å². The number of amides is 1. The number of carbonyl (C=O) groups excluding carboxylic acids is 1. The minimum absolute atomic E-state index is 0.116. The van der Waals surface area contributed by atoms with Gasteiger partial charge in [0.2, 0.25) is 5.91 Å². The zero-order valence-electron chi connectivity index (χ0n) is 14.6. The molecule has 0 bridgehead atoms. The summed E-state index contributed by atoms with van der Waals surface area (Å²) >= 11 is 6.30. The van der Waals surface area contributed by atoms with Gasteiger partial charge in [0, 0.05) is 10.9 Å². The van der Waals surface area contributed by atoms with E-state index in [1.807, 2.05) is 50.2 Å². The standard InChI is InChI=1S/C22H18ClNO2/c1-13-9-14(2)22(18(23)10-13)24-20(25)11-16-12-26-19-8-7-15-5-3-4-6-17(15)21(16)19/h3-10,12H,11H2,1-2H3,(H,24,25). The molecule has 0 saturated carbocycles. The van der Waals surface area contributed by atoms with Crippen LogP contribution >= 0.6 is 11.6 Å². The number of anilines is 1. The van der Waals surface area contributed by atoms with Crippen molar-refractivity contribution in [2.24, 2.45) is 0 Å². The van der Waals surface area contributed by atoms with Gasteiger partial charge in [0.1, 0.15) is 5.58 Å². The van der Waals surface area contributed by atoms with E-state index in [1.165, 1.54) is 0 Å². The van der Waals surface area contributed by atoms with Crippen molar-refractivity contribution in [3.8, 4) is 0 Å². The summed E-state index contributed by atoms with van der Waals surface area (Å²) < 4.78 is 5.67. The molecule has 0 spiro atoms. The zero-order chi connectivity index (χ0) is 18.3. The highest BCUT2D eigenvalue weighted by Crippen LogP contribution is 2.31. The maximum absolute atomic E-state index is 12.6. The number of hydrogen-bond acceptors (Lipinski definition) is 2. The number of furan rings is 1. The lowest BCUT2D eigenvalue weighted by Crippen LogP contribution is -2.15. The summed E-state index contributed by atoms with van der Waals surface area (Å²) in [5.74, 6) is -0.116. The molecule has 0 aliphatic rings. The molecular weight excluding hydrogens is 346 g/mol. The van der Waals surface area contributed by atoms with Crippen LogP contribution in [0.1, 0.15) is 16.7 Å². The van der Waals surface area contributed by atoms with Crippen LogP contribution in [0.25, 0.3) is 21.7 Å². The van der Waals surface area contributed by atoms with E-state index < -0.39 is 0 Å². The lowest BCUT2D eigenvalue weighted by Gasteiger charge is -2.11. The van der Waals surface area contributed by atoms with E-state index in [-0.39, 0.29) is 12.3 Å². The van der Waals surface area contributed by atoms with Crippen LogP contribution in [0.5, 0.6) is 0 Å². The van der Waals surface area contributed by atoms with E-state index in [0.717, 1.165) is 38.4 Å². The fourth-order valence-corrected chi connectivity index (χ4v) is 3.80. The fourth-order valence-electron chi connectivity index (χ4n) is 3.44. The third-order valence-corrected chi connectivity index (χ3v) is 4.89. The van der Waals surface area contributed by atoms with Crippen LogP contribution in [0.2, 0.25) is 5.02 Å². The summed E-state index contributed by atoms with van der Waals surface area (Å²) in [6.07, 6.45) is 1.89. The Hall–Kier alpha value is -2.78. The van der Waals surface area contributed by atoms with Crippen molar-refractivity contribution in [1.82, 2.24) is 0 Å². The normalized spacial score (nSPS) is 11.2. The Kier molecular flexibility index (Phi) is 4.17. The second-order valence-corrected chi connectivity index (χ2v) is 6.99. The molecule has 0 saturated heterocycles. The Balaban J connectivity index is 1.68. The number of carbonyl (C=O) groups is 1. The highest BCUT2D eigenvalue weighted by Gasteiger charge is 2.15. The summed E-state index contributed by atoms with van der Waals surface area (Å²) in [5, 5.41) is 6.70. The Morgan fingerprint density at radius 3 is 2.73 bits per heavy atom. The van der Waals surface area contributed by atoms with E-state index in [9.17, 15) is 4.79 Å². The van der Waals surface area contributed by atoms with Gasteiger partial charge in [0.15, 0.2) is 0 Å². The number of nitrogens with one attached hydrogen (secondary N) is 1. The summed E-state index contributed by atoms with van der Waals surface area (Å²) in [7, 11) is 0. The molecule has 130 valence electrons. The SMILES string of the molecule is Cc1cc(C)c(NC(=O)Cc2coc3ccc4ccccc4c23)c(Cl)c1. The number of benzene rings is 3. The fraction of sp³-hybridized carbons (Fsp3) is 0.136. The van der Waals surface area contributed by atoms with Crippen molar-refractivity contribution < 1.29 is 9.21 Å². The van der Waals surface area contributed by atoms with Crippen LogP contribution in [0.4, 0.5) is 5.69 Å². The van der Waals surface area contributed by atoms with Crippen molar-refractivity contribution in [3.63, 3.8) is 0 Å². The summed E-state index contributed by atoms with van der Waals surface area (Å²) in [5.41, 5.74) is 4.34. The molecule has 4 rings (SSSR count). The van der Waals surface area contributed by atoms with Gasteiger partial charge in [-0.1, -0.05) is 48.0 Å². The molecular formula is C22H18ClNO2. The minimum Gasteiger partial charge on any atom is -0.464 e. The molecule has 0 unspecified atom stereocenters. The third-order valence-electron chi connectivity index (χ3n) is 4.59. The zero-order valence-corrected chi connectivity index (χ0v) is 15.4. The topological polar surface area (TPSA) is 42.2 Å². The van der Waals surface area contributed by atoms with Gasteiger partial charge in [-0.3, -0.25) is 4.79 Å². The molecule has 0 aliphatic heterocycles. The monoisotopic (exact) mass is 363 g/mol. The van der Waals surface area contributed by atoms with Crippen LogP contribution in [-0.4, -0.2) is 5.91 Å². The van der Waals surface area contributed by atoms with Gasteiger partial charge in [-0.25, -0.2) is 0 Å². The Bertz CT molecular complexity index is 1120. The largest absolute Gasteiger partial charge is 0.464 e.